The lowest BCUT2D eigenvalue weighted by atomic mass is 10.2. The van der Waals surface area contributed by atoms with Crippen LogP contribution in [0.4, 0.5) is 4.79 Å². The minimum atomic E-state index is -0.217. The molecule has 1 aliphatic rings. The molecule has 1 fully saturated rings. The molecule has 1 aliphatic heterocycles. The van der Waals surface area contributed by atoms with Crippen LogP contribution in [-0.4, -0.2) is 36.8 Å². The van der Waals surface area contributed by atoms with E-state index in [2.05, 4.69) is 6.92 Å². The summed E-state index contributed by atoms with van der Waals surface area (Å²) in [6.45, 7) is 3.77. The summed E-state index contributed by atoms with van der Waals surface area (Å²) < 4.78 is 10.7. The maximum absolute atomic E-state index is 11.6. The van der Waals surface area contributed by atoms with Gasteiger partial charge >= 0.3 is 6.09 Å². The molecular formula is C14H19NO3. The van der Waals surface area contributed by atoms with Crippen LogP contribution in [-0.2, 0) is 4.74 Å². The van der Waals surface area contributed by atoms with Crippen LogP contribution >= 0.6 is 0 Å². The van der Waals surface area contributed by atoms with Crippen molar-refractivity contribution in [1.29, 1.82) is 0 Å². The number of rotatable bonds is 6. The smallest absolute Gasteiger partial charge is 0.410 e. The van der Waals surface area contributed by atoms with Crippen LogP contribution in [0.5, 0.6) is 5.75 Å². The molecular weight excluding hydrogens is 230 g/mol. The van der Waals surface area contributed by atoms with Gasteiger partial charge in [0.2, 0.25) is 0 Å². The van der Waals surface area contributed by atoms with E-state index < -0.39 is 0 Å². The molecule has 0 radical (unpaired) electrons. The van der Waals surface area contributed by atoms with Crippen LogP contribution in [0.1, 0.15) is 19.8 Å². The van der Waals surface area contributed by atoms with Crippen LogP contribution in [0.15, 0.2) is 30.3 Å². The average Bonchev–Trinajstić information content (AvgIpc) is 2.76. The minimum Gasteiger partial charge on any atom is -0.491 e. The van der Waals surface area contributed by atoms with E-state index in [1.807, 2.05) is 30.3 Å². The zero-order chi connectivity index (χ0) is 12.8. The first-order chi connectivity index (χ1) is 8.81. The molecule has 1 saturated heterocycles. The van der Waals surface area contributed by atoms with Gasteiger partial charge in [-0.25, -0.2) is 4.79 Å². The van der Waals surface area contributed by atoms with Gasteiger partial charge in [-0.3, -0.25) is 4.90 Å². The van der Waals surface area contributed by atoms with Gasteiger partial charge in [0.1, 0.15) is 25.0 Å². The Kier molecular flexibility index (Phi) is 4.45. The molecule has 1 atom stereocenters. The zero-order valence-corrected chi connectivity index (χ0v) is 10.7. The lowest BCUT2D eigenvalue weighted by Crippen LogP contribution is -2.38. The maximum atomic E-state index is 11.6. The highest BCUT2D eigenvalue weighted by Crippen LogP contribution is 2.16. The summed E-state index contributed by atoms with van der Waals surface area (Å²) in [5, 5.41) is 0. The molecule has 1 aromatic carbocycles. The van der Waals surface area contributed by atoms with Gasteiger partial charge < -0.3 is 9.47 Å². The number of carbonyl (C=O) groups is 1. The predicted molar refractivity (Wildman–Crippen MR) is 68.7 cm³/mol. The molecule has 0 bridgehead atoms. The van der Waals surface area contributed by atoms with Crippen molar-refractivity contribution >= 4 is 6.09 Å². The Morgan fingerprint density at radius 1 is 1.39 bits per heavy atom. The fraction of sp³-hybridized carbons (Fsp3) is 0.500. The van der Waals surface area contributed by atoms with Crippen LogP contribution < -0.4 is 4.74 Å². The second-order valence-corrected chi connectivity index (χ2v) is 4.40. The van der Waals surface area contributed by atoms with E-state index in [-0.39, 0.29) is 12.1 Å². The lowest BCUT2D eigenvalue weighted by Gasteiger charge is -2.21. The van der Waals surface area contributed by atoms with Crippen molar-refractivity contribution in [2.75, 3.05) is 19.8 Å². The van der Waals surface area contributed by atoms with Gasteiger partial charge in [-0.05, 0) is 18.6 Å². The molecule has 0 aromatic heterocycles. The molecule has 1 amide bonds. The molecule has 1 unspecified atom stereocenters. The number of benzene rings is 1. The van der Waals surface area contributed by atoms with Gasteiger partial charge in [-0.1, -0.05) is 31.5 Å². The molecule has 0 saturated carbocycles. The summed E-state index contributed by atoms with van der Waals surface area (Å²) in [4.78, 5) is 13.3. The monoisotopic (exact) mass is 249 g/mol. The number of hydrogen-bond donors (Lipinski definition) is 0. The van der Waals surface area contributed by atoms with Gasteiger partial charge in [-0.2, -0.15) is 0 Å². The molecule has 98 valence electrons. The second-order valence-electron chi connectivity index (χ2n) is 4.40. The van der Waals surface area contributed by atoms with Gasteiger partial charge in [0.25, 0.3) is 0 Å². The third-order valence-electron chi connectivity index (χ3n) is 3.01. The third-order valence-corrected chi connectivity index (χ3v) is 3.01. The van der Waals surface area contributed by atoms with Crippen LogP contribution in [0.25, 0.3) is 0 Å². The summed E-state index contributed by atoms with van der Waals surface area (Å²) in [7, 11) is 0. The number of nitrogens with zero attached hydrogens (tertiary/aromatic N) is 1. The molecule has 18 heavy (non-hydrogen) atoms. The number of unbranched alkanes of at least 4 members (excludes halogenated alkanes) is 1. The van der Waals surface area contributed by atoms with Crippen molar-refractivity contribution in [2.24, 2.45) is 0 Å². The summed E-state index contributed by atoms with van der Waals surface area (Å²) in [6, 6.07) is 9.66. The Bertz CT molecular complexity index is 380. The van der Waals surface area contributed by atoms with Gasteiger partial charge in [0.05, 0.1) is 0 Å². The Hall–Kier alpha value is -1.71. The van der Waals surface area contributed by atoms with E-state index in [0.29, 0.717) is 13.2 Å². The van der Waals surface area contributed by atoms with Crippen molar-refractivity contribution in [2.45, 2.75) is 25.8 Å². The number of para-hydroxylation sites is 1. The van der Waals surface area contributed by atoms with E-state index in [1.54, 1.807) is 4.90 Å². The fourth-order valence-electron chi connectivity index (χ4n) is 1.94. The number of ether oxygens (including phenoxy) is 2. The first-order valence-corrected chi connectivity index (χ1v) is 6.42. The van der Waals surface area contributed by atoms with Crippen molar-refractivity contribution in [3.05, 3.63) is 30.3 Å². The second kappa shape index (κ2) is 6.28. The summed E-state index contributed by atoms with van der Waals surface area (Å²) in [5.41, 5.74) is 0. The number of hydrogen-bond acceptors (Lipinski definition) is 3. The standard InChI is InChI=1S/C14H19NO3/c1-2-3-9-15-12(11-18-14(15)16)10-17-13-7-5-4-6-8-13/h4-8,12H,2-3,9-11H2,1H3. The highest BCUT2D eigenvalue weighted by Gasteiger charge is 2.32. The number of carbonyl (C=O) groups excluding carboxylic acids is 1. The van der Waals surface area contributed by atoms with Gasteiger partial charge in [-0.15, -0.1) is 0 Å². The molecule has 2 rings (SSSR count). The predicted octanol–water partition coefficient (Wildman–Crippen LogP) is 2.69. The van der Waals surface area contributed by atoms with Crippen molar-refractivity contribution < 1.29 is 14.3 Å². The minimum absolute atomic E-state index is 0.0317. The third kappa shape index (κ3) is 3.15. The Morgan fingerprint density at radius 3 is 2.89 bits per heavy atom. The van der Waals surface area contributed by atoms with E-state index in [4.69, 9.17) is 9.47 Å². The van der Waals surface area contributed by atoms with Crippen molar-refractivity contribution in [3.63, 3.8) is 0 Å². The van der Waals surface area contributed by atoms with Crippen molar-refractivity contribution in [3.8, 4) is 5.75 Å². The van der Waals surface area contributed by atoms with Crippen LogP contribution in [0.2, 0.25) is 0 Å². The van der Waals surface area contributed by atoms with Crippen LogP contribution in [0.3, 0.4) is 0 Å². The maximum Gasteiger partial charge on any atom is 0.410 e. The molecule has 0 spiro atoms. The molecule has 1 heterocycles. The summed E-state index contributed by atoms with van der Waals surface area (Å²) in [5.74, 6) is 0.826. The summed E-state index contributed by atoms with van der Waals surface area (Å²) in [6.07, 6.45) is 1.84. The van der Waals surface area contributed by atoms with Gasteiger partial charge in [0, 0.05) is 6.54 Å². The molecule has 0 N–H and O–H groups in total. The van der Waals surface area contributed by atoms with E-state index >= 15 is 0 Å². The average molecular weight is 249 g/mol. The lowest BCUT2D eigenvalue weighted by molar-refractivity contribution is 0.154. The molecule has 4 heteroatoms. The number of amides is 1. The van der Waals surface area contributed by atoms with Crippen molar-refractivity contribution in [1.82, 2.24) is 4.90 Å². The Balaban J connectivity index is 1.86. The normalized spacial score (nSPS) is 18.8. The highest BCUT2D eigenvalue weighted by atomic mass is 16.6. The largest absolute Gasteiger partial charge is 0.491 e. The molecule has 1 aromatic rings. The van der Waals surface area contributed by atoms with Crippen LogP contribution in [0, 0.1) is 0 Å². The molecule has 4 nitrogen and oxygen atoms in total. The Morgan fingerprint density at radius 2 is 2.17 bits per heavy atom. The topological polar surface area (TPSA) is 38.8 Å². The SMILES string of the molecule is CCCCN1C(=O)OCC1COc1ccccc1. The molecule has 0 aliphatic carbocycles. The first-order valence-electron chi connectivity index (χ1n) is 6.42. The van der Waals surface area contributed by atoms with E-state index in [9.17, 15) is 4.79 Å². The zero-order valence-electron chi connectivity index (χ0n) is 10.7. The fourth-order valence-corrected chi connectivity index (χ4v) is 1.94. The van der Waals surface area contributed by atoms with E-state index in [1.165, 1.54) is 0 Å². The number of cyclic esters (lactones) is 1. The highest BCUT2D eigenvalue weighted by molar-refractivity contribution is 5.70. The quantitative estimate of drug-likeness (QED) is 0.778. The summed E-state index contributed by atoms with van der Waals surface area (Å²) >= 11 is 0. The first kappa shape index (κ1) is 12.7. The Labute approximate surface area is 107 Å². The van der Waals surface area contributed by atoms with E-state index in [0.717, 1.165) is 25.1 Å². The van der Waals surface area contributed by atoms with Gasteiger partial charge in [0.15, 0.2) is 0 Å².